The molecule has 2 N–H and O–H groups in total. The number of nitrogens with one attached hydrogen (secondary N) is 2. The van der Waals surface area contributed by atoms with Crippen molar-refractivity contribution in [3.63, 3.8) is 0 Å². The Morgan fingerprint density at radius 1 is 0.778 bits per heavy atom. The van der Waals surface area contributed by atoms with Gasteiger partial charge in [-0.1, -0.05) is 90.2 Å². The first-order valence-electron chi connectivity index (χ1n) is 14.6. The number of amides is 2. The standard InChI is InChI=1S/C34H34N4O6S/c1-20(35-32(41)43-19-26-24-16-10-8-14-22(24)23-15-9-11-17-25(23)26)28(39)30-37-38-31(45-30)29(40)27(18-21-12-6-5-7-13-21)36-33(42)44-34(2,3)4/h5-17,20,26-27H,18-19H2,1-4H3,(H,35,41)(H,36,42)/t20-,27+/m1/s1. The van der Waals surface area contributed by atoms with E-state index in [1.165, 1.54) is 6.92 Å². The van der Waals surface area contributed by atoms with Crippen LogP contribution in [0.2, 0.25) is 0 Å². The molecule has 0 saturated heterocycles. The third-order valence-electron chi connectivity index (χ3n) is 7.21. The minimum atomic E-state index is -1.01. The zero-order chi connectivity index (χ0) is 32.1. The third-order valence-corrected chi connectivity index (χ3v) is 8.16. The molecule has 232 valence electrons. The molecule has 3 aromatic carbocycles. The highest BCUT2D eigenvalue weighted by atomic mass is 32.1. The molecule has 4 aromatic rings. The number of hydrogen-bond acceptors (Lipinski definition) is 9. The lowest BCUT2D eigenvalue weighted by Crippen LogP contribution is -2.44. The molecular formula is C34H34N4O6S. The van der Waals surface area contributed by atoms with E-state index in [9.17, 15) is 19.2 Å². The molecule has 0 unspecified atom stereocenters. The highest BCUT2D eigenvalue weighted by Gasteiger charge is 2.31. The molecule has 0 radical (unpaired) electrons. The van der Waals surface area contributed by atoms with Gasteiger partial charge in [-0.05, 0) is 55.5 Å². The topological polar surface area (TPSA) is 137 Å². The Labute approximate surface area is 265 Å². The molecule has 10 nitrogen and oxygen atoms in total. The monoisotopic (exact) mass is 626 g/mol. The molecule has 0 aliphatic heterocycles. The van der Waals surface area contributed by atoms with Crippen molar-refractivity contribution < 1.29 is 28.7 Å². The number of nitrogens with zero attached hydrogens (tertiary/aromatic N) is 2. The number of alkyl carbamates (subject to hydrolysis) is 2. The molecule has 2 atom stereocenters. The highest BCUT2D eigenvalue weighted by Crippen LogP contribution is 2.44. The summed E-state index contributed by atoms with van der Waals surface area (Å²) in [4.78, 5) is 51.9. The first-order chi connectivity index (χ1) is 21.5. The van der Waals surface area contributed by atoms with Crippen molar-refractivity contribution in [2.45, 2.75) is 57.7 Å². The van der Waals surface area contributed by atoms with Crippen molar-refractivity contribution >= 4 is 35.1 Å². The fourth-order valence-corrected chi connectivity index (χ4v) is 6.01. The average Bonchev–Trinajstić information content (AvgIpc) is 3.62. The number of ether oxygens (including phenoxy) is 2. The molecule has 1 aliphatic carbocycles. The minimum Gasteiger partial charge on any atom is -0.449 e. The van der Waals surface area contributed by atoms with Gasteiger partial charge in [0.15, 0.2) is 10.0 Å². The summed E-state index contributed by atoms with van der Waals surface area (Å²) in [5.74, 6) is -1.16. The first-order valence-corrected chi connectivity index (χ1v) is 15.4. The Bertz CT molecular complexity index is 1670. The van der Waals surface area contributed by atoms with E-state index in [2.05, 4.69) is 20.8 Å². The maximum Gasteiger partial charge on any atom is 0.408 e. The summed E-state index contributed by atoms with van der Waals surface area (Å²) in [7, 11) is 0. The predicted octanol–water partition coefficient (Wildman–Crippen LogP) is 5.97. The molecule has 0 spiro atoms. The molecule has 2 amide bonds. The zero-order valence-electron chi connectivity index (χ0n) is 25.4. The lowest BCUT2D eigenvalue weighted by atomic mass is 9.98. The second-order valence-electron chi connectivity index (χ2n) is 11.7. The van der Waals surface area contributed by atoms with Crippen LogP contribution in [-0.2, 0) is 15.9 Å². The predicted molar refractivity (Wildman–Crippen MR) is 170 cm³/mol. The third kappa shape index (κ3) is 7.61. The van der Waals surface area contributed by atoms with E-state index >= 15 is 0 Å². The molecule has 11 heteroatoms. The molecule has 1 aliphatic rings. The van der Waals surface area contributed by atoms with Gasteiger partial charge in [0.2, 0.25) is 11.6 Å². The van der Waals surface area contributed by atoms with E-state index in [1.807, 2.05) is 78.9 Å². The zero-order valence-corrected chi connectivity index (χ0v) is 26.2. The number of Topliss-reactive ketones (excluding diaryl/α,β-unsaturated/α-hetero) is 2. The van der Waals surface area contributed by atoms with Crippen LogP contribution in [-0.4, -0.2) is 58.2 Å². The number of rotatable bonds is 10. The number of carbonyl (C=O) groups is 4. The highest BCUT2D eigenvalue weighted by molar-refractivity contribution is 7.15. The Hall–Kier alpha value is -4.90. The van der Waals surface area contributed by atoms with Gasteiger partial charge in [-0.2, -0.15) is 0 Å². The summed E-state index contributed by atoms with van der Waals surface area (Å²) in [6.45, 7) is 6.78. The Balaban J connectivity index is 1.21. The lowest BCUT2D eigenvalue weighted by Gasteiger charge is -2.22. The summed E-state index contributed by atoms with van der Waals surface area (Å²) < 4.78 is 10.9. The van der Waals surface area contributed by atoms with Crippen molar-refractivity contribution in [3.05, 3.63) is 106 Å². The molecule has 1 heterocycles. The van der Waals surface area contributed by atoms with Gasteiger partial charge in [-0.25, -0.2) is 9.59 Å². The summed E-state index contributed by atoms with van der Waals surface area (Å²) in [5.41, 5.74) is 4.43. The number of carbonyl (C=O) groups excluding carboxylic acids is 4. The van der Waals surface area contributed by atoms with Gasteiger partial charge in [0, 0.05) is 12.3 Å². The normalized spacial score (nSPS) is 13.6. The summed E-state index contributed by atoms with van der Waals surface area (Å²) in [6.07, 6.45) is -1.32. The van der Waals surface area contributed by atoms with Crippen molar-refractivity contribution in [1.29, 1.82) is 0 Å². The van der Waals surface area contributed by atoms with Gasteiger partial charge in [-0.3, -0.25) is 9.59 Å². The number of aromatic nitrogens is 2. The van der Waals surface area contributed by atoms with Gasteiger partial charge >= 0.3 is 12.2 Å². The number of hydrogen-bond donors (Lipinski definition) is 2. The van der Waals surface area contributed by atoms with Crippen molar-refractivity contribution in [2.75, 3.05) is 6.61 Å². The average molecular weight is 627 g/mol. The maximum absolute atomic E-state index is 13.5. The quantitative estimate of drug-likeness (QED) is 0.206. The number of ketones is 2. The van der Waals surface area contributed by atoms with Gasteiger partial charge in [0.25, 0.3) is 0 Å². The van der Waals surface area contributed by atoms with Crippen LogP contribution in [0, 0.1) is 0 Å². The van der Waals surface area contributed by atoms with Crippen LogP contribution in [0.5, 0.6) is 0 Å². The molecule has 0 saturated carbocycles. The van der Waals surface area contributed by atoms with Crippen LogP contribution in [0.15, 0.2) is 78.9 Å². The van der Waals surface area contributed by atoms with E-state index in [4.69, 9.17) is 9.47 Å². The van der Waals surface area contributed by atoms with Crippen molar-refractivity contribution in [1.82, 2.24) is 20.8 Å². The summed E-state index contributed by atoms with van der Waals surface area (Å²) >= 11 is 0.796. The second-order valence-corrected chi connectivity index (χ2v) is 12.7. The van der Waals surface area contributed by atoms with Crippen LogP contribution < -0.4 is 10.6 Å². The van der Waals surface area contributed by atoms with Crippen LogP contribution in [0.4, 0.5) is 9.59 Å². The maximum atomic E-state index is 13.5. The fourth-order valence-electron chi connectivity index (χ4n) is 5.15. The van der Waals surface area contributed by atoms with Crippen LogP contribution in [0.25, 0.3) is 11.1 Å². The van der Waals surface area contributed by atoms with Crippen LogP contribution >= 0.6 is 11.3 Å². The summed E-state index contributed by atoms with van der Waals surface area (Å²) in [5, 5.41) is 12.9. The molecule has 1 aromatic heterocycles. The molecule has 0 fully saturated rings. The van der Waals surface area contributed by atoms with E-state index in [1.54, 1.807) is 20.8 Å². The second kappa shape index (κ2) is 13.4. The van der Waals surface area contributed by atoms with Crippen LogP contribution in [0.1, 0.15) is 69.9 Å². The van der Waals surface area contributed by atoms with E-state index < -0.39 is 41.4 Å². The Morgan fingerprint density at radius 3 is 1.93 bits per heavy atom. The smallest absolute Gasteiger partial charge is 0.408 e. The van der Waals surface area contributed by atoms with Crippen molar-refractivity contribution in [2.24, 2.45) is 0 Å². The van der Waals surface area contributed by atoms with Gasteiger partial charge in [0.05, 0.1) is 6.04 Å². The van der Waals surface area contributed by atoms with E-state index in [0.29, 0.717) is 0 Å². The Morgan fingerprint density at radius 2 is 1.33 bits per heavy atom. The van der Waals surface area contributed by atoms with E-state index in [0.717, 1.165) is 39.2 Å². The molecule has 5 rings (SSSR count). The fraction of sp³-hybridized carbons (Fsp3) is 0.294. The Kier molecular flexibility index (Phi) is 9.38. The number of fused-ring (bicyclic) bond motifs is 3. The largest absolute Gasteiger partial charge is 0.449 e. The van der Waals surface area contributed by atoms with Gasteiger partial charge < -0.3 is 20.1 Å². The SMILES string of the molecule is C[C@@H](NC(=O)OCC1c2ccccc2-c2ccccc21)C(=O)c1nnc(C(=O)[C@H](Cc2ccccc2)NC(=O)OC(C)(C)C)s1. The first kappa shape index (κ1) is 31.5. The molecule has 45 heavy (non-hydrogen) atoms. The summed E-state index contributed by atoms with van der Waals surface area (Å²) in [6, 6.07) is 23.2. The lowest BCUT2D eigenvalue weighted by molar-refractivity contribution is 0.0491. The van der Waals surface area contributed by atoms with Gasteiger partial charge in [-0.15, -0.1) is 10.2 Å². The number of benzene rings is 3. The van der Waals surface area contributed by atoms with Crippen molar-refractivity contribution in [3.8, 4) is 11.1 Å². The van der Waals surface area contributed by atoms with Gasteiger partial charge in [0.1, 0.15) is 18.2 Å². The van der Waals surface area contributed by atoms with E-state index in [-0.39, 0.29) is 29.0 Å². The minimum absolute atomic E-state index is 0.0521. The molecular weight excluding hydrogens is 592 g/mol. The molecule has 0 bridgehead atoms. The van der Waals surface area contributed by atoms with Crippen LogP contribution in [0.3, 0.4) is 0 Å².